The largest absolute Gasteiger partial charge is 0.419 e. The van der Waals surface area contributed by atoms with Crippen molar-refractivity contribution in [3.63, 3.8) is 0 Å². The Bertz CT molecular complexity index is 1440. The first-order valence-electron chi connectivity index (χ1n) is 11.6. The van der Waals surface area contributed by atoms with Gasteiger partial charge in [-0.05, 0) is 50.3 Å². The third-order valence-electron chi connectivity index (χ3n) is 5.81. The van der Waals surface area contributed by atoms with E-state index in [0.717, 1.165) is 11.6 Å². The molecule has 0 bridgehead atoms. The Morgan fingerprint density at radius 2 is 1.84 bits per heavy atom. The summed E-state index contributed by atoms with van der Waals surface area (Å²) in [6.07, 6.45) is 1.15. The van der Waals surface area contributed by atoms with Gasteiger partial charge in [-0.25, -0.2) is 19.0 Å². The zero-order valence-electron chi connectivity index (χ0n) is 20.9. The van der Waals surface area contributed by atoms with Crippen molar-refractivity contribution >= 4 is 11.5 Å². The average Bonchev–Trinajstić information content (AvgIpc) is 3.36. The Kier molecular flexibility index (Phi) is 7.81. The van der Waals surface area contributed by atoms with Crippen LogP contribution in [-0.4, -0.2) is 62.8 Å². The van der Waals surface area contributed by atoms with Gasteiger partial charge in [0.1, 0.15) is 12.0 Å². The quantitative estimate of drug-likeness (QED) is 0.252. The molecule has 198 valence electrons. The molecule has 0 unspecified atom stereocenters. The van der Waals surface area contributed by atoms with Gasteiger partial charge in [-0.15, -0.1) is 5.10 Å². The minimum atomic E-state index is -4.95. The van der Waals surface area contributed by atoms with Crippen LogP contribution in [-0.2, 0) is 12.6 Å². The monoisotopic (exact) mass is 527 g/mol. The summed E-state index contributed by atoms with van der Waals surface area (Å²) in [6, 6.07) is 6.91. The average molecular weight is 528 g/mol. The van der Waals surface area contributed by atoms with Gasteiger partial charge < -0.3 is 10.2 Å². The van der Waals surface area contributed by atoms with Crippen molar-refractivity contribution in [1.82, 2.24) is 29.9 Å². The second-order valence-electron chi connectivity index (χ2n) is 9.01. The van der Waals surface area contributed by atoms with Crippen molar-refractivity contribution in [1.29, 1.82) is 0 Å². The van der Waals surface area contributed by atoms with Crippen LogP contribution in [0.3, 0.4) is 0 Å². The number of nitrogens with zero attached hydrogens (tertiary/aromatic N) is 6. The van der Waals surface area contributed by atoms with Crippen LogP contribution in [0.4, 0.5) is 23.2 Å². The number of hydrogen-bond donors (Lipinski definition) is 1. The molecule has 8 nitrogen and oxygen atoms in total. The van der Waals surface area contributed by atoms with Crippen LogP contribution in [0.2, 0.25) is 0 Å². The lowest BCUT2D eigenvalue weighted by atomic mass is 9.98. The summed E-state index contributed by atoms with van der Waals surface area (Å²) in [4.78, 5) is 22.8. The van der Waals surface area contributed by atoms with Crippen LogP contribution < -0.4 is 5.32 Å². The minimum absolute atomic E-state index is 0.193. The summed E-state index contributed by atoms with van der Waals surface area (Å²) in [5, 5.41) is 11.0. The van der Waals surface area contributed by atoms with E-state index >= 15 is 0 Å². The van der Waals surface area contributed by atoms with Gasteiger partial charge >= 0.3 is 6.18 Å². The summed E-state index contributed by atoms with van der Waals surface area (Å²) in [5.74, 6) is -2.02. The second kappa shape index (κ2) is 11.1. The number of hydrogen-bond acceptors (Lipinski definition) is 7. The number of aromatic nitrogens is 5. The summed E-state index contributed by atoms with van der Waals surface area (Å²) in [5.41, 5.74) is 1.18. The van der Waals surface area contributed by atoms with E-state index in [1.165, 1.54) is 11.0 Å². The molecule has 1 N–H and O–H groups in total. The van der Waals surface area contributed by atoms with E-state index in [1.54, 1.807) is 55.8 Å². The van der Waals surface area contributed by atoms with Crippen molar-refractivity contribution in [3.8, 4) is 16.9 Å². The Balaban J connectivity index is 1.61. The maximum atomic E-state index is 14.6. The first-order chi connectivity index (χ1) is 18.0. The minimum Gasteiger partial charge on any atom is -0.381 e. The molecule has 2 heterocycles. The molecular formula is C26H25F4N7O. The van der Waals surface area contributed by atoms with Crippen molar-refractivity contribution in [2.24, 2.45) is 0 Å². The van der Waals surface area contributed by atoms with Crippen LogP contribution in [0.15, 0.2) is 55.2 Å². The smallest absolute Gasteiger partial charge is 0.381 e. The predicted octanol–water partition coefficient (Wildman–Crippen LogP) is 4.59. The second-order valence-corrected chi connectivity index (χ2v) is 9.01. The molecule has 4 rings (SSSR count). The third kappa shape index (κ3) is 6.20. The molecule has 0 aliphatic rings. The molecule has 0 radical (unpaired) electrons. The van der Waals surface area contributed by atoms with E-state index in [1.807, 2.05) is 6.92 Å². The maximum Gasteiger partial charge on any atom is 0.419 e. The van der Waals surface area contributed by atoms with Crippen molar-refractivity contribution in [2.75, 3.05) is 32.5 Å². The van der Waals surface area contributed by atoms with Gasteiger partial charge in [-0.2, -0.15) is 13.2 Å². The lowest BCUT2D eigenvalue weighted by Crippen LogP contribution is -2.22. The zero-order chi connectivity index (χ0) is 27.4. The van der Waals surface area contributed by atoms with E-state index in [-0.39, 0.29) is 24.2 Å². The van der Waals surface area contributed by atoms with Crippen LogP contribution in [0.5, 0.6) is 0 Å². The molecule has 38 heavy (non-hydrogen) atoms. The summed E-state index contributed by atoms with van der Waals surface area (Å²) in [7, 11) is 3.57. The molecule has 0 amide bonds. The van der Waals surface area contributed by atoms with Crippen LogP contribution in [0.25, 0.3) is 16.9 Å². The fraction of sp³-hybridized carbons (Fsp3) is 0.269. The molecule has 0 saturated carbocycles. The lowest BCUT2D eigenvalue weighted by molar-refractivity contribution is -0.139. The number of carbonyl (C=O) groups excluding carboxylic acids is 1. The van der Waals surface area contributed by atoms with E-state index in [0.29, 0.717) is 35.1 Å². The fourth-order valence-electron chi connectivity index (χ4n) is 3.78. The Morgan fingerprint density at radius 1 is 1.11 bits per heavy atom. The highest BCUT2D eigenvalue weighted by atomic mass is 19.4. The van der Waals surface area contributed by atoms with Crippen molar-refractivity contribution < 1.29 is 22.4 Å². The number of Topliss-reactive ketones (excluding diaryl/α,β-unsaturated/α-hetero) is 1. The van der Waals surface area contributed by atoms with Crippen LogP contribution in [0.1, 0.15) is 27.0 Å². The number of alkyl halides is 3. The van der Waals surface area contributed by atoms with Crippen molar-refractivity contribution in [2.45, 2.75) is 19.5 Å². The Labute approximate surface area is 216 Å². The van der Waals surface area contributed by atoms with Crippen LogP contribution in [0, 0.1) is 12.7 Å². The molecule has 12 heteroatoms. The SMILES string of the molecule is Cc1ccc(CC(=O)c2cc(NCCN(C)C)c(F)c(C(F)(F)F)c2)cc1-n1cc(-c2cncnc2)nn1. The van der Waals surface area contributed by atoms with Gasteiger partial charge in [0, 0.05) is 43.0 Å². The molecule has 0 fully saturated rings. The first kappa shape index (κ1) is 26.9. The van der Waals surface area contributed by atoms with E-state index in [9.17, 15) is 22.4 Å². The number of halogens is 4. The number of rotatable bonds is 9. The molecule has 0 saturated heterocycles. The summed E-state index contributed by atoms with van der Waals surface area (Å²) in [6.45, 7) is 2.52. The Hall–Kier alpha value is -4.19. The highest BCUT2D eigenvalue weighted by Gasteiger charge is 2.36. The third-order valence-corrected chi connectivity index (χ3v) is 5.81. The van der Waals surface area contributed by atoms with Gasteiger partial charge in [-0.1, -0.05) is 17.3 Å². The molecule has 0 aliphatic heterocycles. The standard InChI is InChI=1S/C26H25F4N7O/c1-16-4-5-17(8-23(16)37-14-22(34-35-37)19-12-31-15-32-13-19)9-24(38)18-10-20(26(28,29)30)25(27)21(11-18)33-6-7-36(2)3/h4-5,8,10-15,33H,6-7,9H2,1-3H3. The highest BCUT2D eigenvalue weighted by Crippen LogP contribution is 2.35. The number of likely N-dealkylation sites (N-methyl/N-ethyl adjacent to an activating group) is 1. The van der Waals surface area contributed by atoms with E-state index in [2.05, 4.69) is 25.6 Å². The molecule has 0 spiro atoms. The predicted molar refractivity (Wildman–Crippen MR) is 134 cm³/mol. The maximum absolute atomic E-state index is 14.6. The highest BCUT2D eigenvalue weighted by molar-refractivity contribution is 5.98. The molecule has 4 aromatic rings. The number of benzene rings is 2. The van der Waals surface area contributed by atoms with Gasteiger partial charge in [-0.3, -0.25) is 4.79 Å². The Morgan fingerprint density at radius 3 is 2.53 bits per heavy atom. The summed E-state index contributed by atoms with van der Waals surface area (Å²) < 4.78 is 56.8. The lowest BCUT2D eigenvalue weighted by Gasteiger charge is -2.16. The number of carbonyl (C=O) groups is 1. The van der Waals surface area contributed by atoms with Crippen molar-refractivity contribution in [3.05, 3.63) is 83.3 Å². The molecule has 0 atom stereocenters. The van der Waals surface area contributed by atoms with Gasteiger partial charge in [0.05, 0.1) is 23.1 Å². The normalized spacial score (nSPS) is 11.7. The number of ketones is 1. The fourth-order valence-corrected chi connectivity index (χ4v) is 3.78. The van der Waals surface area contributed by atoms with E-state index < -0.39 is 23.3 Å². The molecule has 2 aromatic carbocycles. The molecule has 2 aromatic heterocycles. The number of anilines is 1. The van der Waals surface area contributed by atoms with Crippen LogP contribution >= 0.6 is 0 Å². The van der Waals surface area contributed by atoms with Gasteiger partial charge in [0.15, 0.2) is 11.6 Å². The van der Waals surface area contributed by atoms with Gasteiger partial charge in [0.2, 0.25) is 0 Å². The first-order valence-corrected chi connectivity index (χ1v) is 11.6. The van der Waals surface area contributed by atoms with E-state index in [4.69, 9.17) is 0 Å². The van der Waals surface area contributed by atoms with Gasteiger partial charge in [0.25, 0.3) is 0 Å². The number of aryl methyl sites for hydroxylation is 1. The molecule has 0 aliphatic carbocycles. The topological polar surface area (TPSA) is 88.8 Å². The number of nitrogens with one attached hydrogen (secondary N) is 1. The molecular weight excluding hydrogens is 502 g/mol. The zero-order valence-corrected chi connectivity index (χ0v) is 20.9. The summed E-state index contributed by atoms with van der Waals surface area (Å²) >= 11 is 0.